The van der Waals surface area contributed by atoms with E-state index < -0.39 is 0 Å². The number of hydrogen-bond acceptors (Lipinski definition) is 4. The van der Waals surface area contributed by atoms with Crippen LogP contribution in [0.3, 0.4) is 0 Å². The van der Waals surface area contributed by atoms with Crippen molar-refractivity contribution in [3.8, 4) is 5.75 Å². The van der Waals surface area contributed by atoms with Gasteiger partial charge in [-0.3, -0.25) is 0 Å². The van der Waals surface area contributed by atoms with Gasteiger partial charge in [0.25, 0.3) is 0 Å². The van der Waals surface area contributed by atoms with E-state index in [9.17, 15) is 9.18 Å². The molecule has 0 aliphatic carbocycles. The summed E-state index contributed by atoms with van der Waals surface area (Å²) >= 11 is 0. The average Bonchev–Trinajstić information content (AvgIpc) is 3.14. The number of halogens is 1. The molecule has 0 radical (unpaired) electrons. The third-order valence-electron chi connectivity index (χ3n) is 5.65. The molecule has 4 rings (SSSR count). The summed E-state index contributed by atoms with van der Waals surface area (Å²) in [5.74, 6) is 0.105. The van der Waals surface area contributed by atoms with Gasteiger partial charge in [-0.15, -0.1) is 0 Å². The minimum absolute atomic E-state index is 0.145. The van der Waals surface area contributed by atoms with Gasteiger partial charge in [0.05, 0.1) is 24.3 Å². The zero-order chi connectivity index (χ0) is 21.3. The highest BCUT2D eigenvalue weighted by Gasteiger charge is 2.46. The second-order valence-corrected chi connectivity index (χ2v) is 7.91. The van der Waals surface area contributed by atoms with Crippen LogP contribution in [0.4, 0.5) is 9.18 Å². The Labute approximate surface area is 176 Å². The first-order chi connectivity index (χ1) is 14.5. The molecule has 7 heteroatoms. The monoisotopic (exact) mass is 410 g/mol. The summed E-state index contributed by atoms with van der Waals surface area (Å²) in [4.78, 5) is 17.4. The lowest BCUT2D eigenvalue weighted by molar-refractivity contribution is 0.125. The Balaban J connectivity index is 1.73. The Morgan fingerprint density at radius 1 is 1.20 bits per heavy atom. The zero-order valence-corrected chi connectivity index (χ0v) is 17.6. The second-order valence-electron chi connectivity index (χ2n) is 7.91. The molecule has 0 fully saturated rings. The zero-order valence-electron chi connectivity index (χ0n) is 17.6. The molecule has 2 amide bonds. The molecule has 2 aromatic rings. The largest absolute Gasteiger partial charge is 0.492 e. The minimum atomic E-state index is -0.345. The summed E-state index contributed by atoms with van der Waals surface area (Å²) in [6.45, 7) is 4.32. The van der Waals surface area contributed by atoms with Crippen molar-refractivity contribution in [1.82, 2.24) is 14.8 Å². The SMILES string of the molecule is CCN(CCN(C)C)C(=O)N1N=C2c3cc(F)ccc3OC[C@H]2[C@H]1c1ccccc1. The number of likely N-dealkylation sites (N-methyl/N-ethyl adjacent to an activating group) is 2. The van der Waals surface area contributed by atoms with Crippen LogP contribution in [0.15, 0.2) is 53.6 Å². The predicted molar refractivity (Wildman–Crippen MR) is 114 cm³/mol. The number of hydrogen-bond donors (Lipinski definition) is 0. The smallest absolute Gasteiger partial charge is 0.341 e. The van der Waals surface area contributed by atoms with Crippen LogP contribution < -0.4 is 4.74 Å². The minimum Gasteiger partial charge on any atom is -0.492 e. The number of rotatable bonds is 5. The van der Waals surface area contributed by atoms with Gasteiger partial charge in [0, 0.05) is 25.2 Å². The van der Waals surface area contributed by atoms with Crippen LogP contribution >= 0.6 is 0 Å². The molecule has 0 bridgehead atoms. The highest BCUT2D eigenvalue weighted by atomic mass is 19.1. The van der Waals surface area contributed by atoms with Gasteiger partial charge in [-0.25, -0.2) is 14.2 Å². The van der Waals surface area contributed by atoms with E-state index in [0.29, 0.717) is 36.7 Å². The lowest BCUT2D eigenvalue weighted by Crippen LogP contribution is -2.44. The van der Waals surface area contributed by atoms with Crippen LogP contribution in [-0.4, -0.2) is 66.9 Å². The fraction of sp³-hybridized carbons (Fsp3) is 0.391. The van der Waals surface area contributed by atoms with Crippen LogP contribution in [0, 0.1) is 11.7 Å². The number of benzene rings is 2. The Hall–Kier alpha value is -2.93. The molecule has 2 heterocycles. The highest BCUT2D eigenvalue weighted by molar-refractivity contribution is 6.07. The molecule has 6 nitrogen and oxygen atoms in total. The summed E-state index contributed by atoms with van der Waals surface area (Å²) in [6, 6.07) is 13.9. The molecule has 0 saturated heterocycles. The molecule has 30 heavy (non-hydrogen) atoms. The van der Waals surface area contributed by atoms with Crippen molar-refractivity contribution in [3.63, 3.8) is 0 Å². The van der Waals surface area contributed by atoms with Gasteiger partial charge in [0.1, 0.15) is 11.6 Å². The lowest BCUT2D eigenvalue weighted by Gasteiger charge is -2.32. The van der Waals surface area contributed by atoms with Crippen molar-refractivity contribution in [1.29, 1.82) is 0 Å². The third kappa shape index (κ3) is 3.77. The molecule has 0 spiro atoms. The average molecular weight is 410 g/mol. The summed E-state index contributed by atoms with van der Waals surface area (Å²) in [5, 5.41) is 6.31. The number of carbonyl (C=O) groups excluding carboxylic acids is 1. The molecule has 2 aromatic carbocycles. The lowest BCUT2D eigenvalue weighted by atomic mass is 9.86. The first-order valence-electron chi connectivity index (χ1n) is 10.3. The Morgan fingerprint density at radius 3 is 2.67 bits per heavy atom. The van der Waals surface area contributed by atoms with Gasteiger partial charge >= 0.3 is 6.03 Å². The fourth-order valence-electron chi connectivity index (χ4n) is 4.04. The molecule has 0 saturated carbocycles. The Kier molecular flexibility index (Phi) is 5.72. The van der Waals surface area contributed by atoms with Crippen LogP contribution in [0.2, 0.25) is 0 Å². The number of urea groups is 1. The van der Waals surface area contributed by atoms with Gasteiger partial charge in [-0.05, 0) is 44.8 Å². The van der Waals surface area contributed by atoms with Crippen molar-refractivity contribution in [2.75, 3.05) is 40.3 Å². The molecular formula is C23H27FN4O2. The molecule has 2 aliphatic rings. The van der Waals surface area contributed by atoms with Crippen molar-refractivity contribution >= 4 is 11.7 Å². The van der Waals surface area contributed by atoms with Gasteiger partial charge < -0.3 is 14.5 Å². The van der Waals surface area contributed by atoms with Gasteiger partial charge in [0.15, 0.2) is 0 Å². The van der Waals surface area contributed by atoms with E-state index in [2.05, 4.69) is 0 Å². The molecule has 2 aliphatic heterocycles. The van der Waals surface area contributed by atoms with Crippen molar-refractivity contribution in [2.45, 2.75) is 13.0 Å². The second kappa shape index (κ2) is 8.44. The third-order valence-corrected chi connectivity index (χ3v) is 5.65. The standard InChI is InChI=1S/C23H27FN4O2/c1-4-27(13-12-26(2)3)23(29)28-22(16-8-6-5-7-9-16)19-15-30-20-11-10-17(24)14-18(20)21(19)25-28/h5-11,14,19,22H,4,12-13,15H2,1-3H3/t19-,22-/m1/s1. The van der Waals surface area contributed by atoms with E-state index in [1.807, 2.05) is 56.3 Å². The summed E-state index contributed by atoms with van der Waals surface area (Å²) in [6.07, 6.45) is 0. The Bertz CT molecular complexity index is 947. The summed E-state index contributed by atoms with van der Waals surface area (Å²) in [7, 11) is 3.97. The van der Waals surface area contributed by atoms with E-state index >= 15 is 0 Å². The van der Waals surface area contributed by atoms with E-state index in [1.165, 1.54) is 12.1 Å². The van der Waals surface area contributed by atoms with Crippen LogP contribution in [0.5, 0.6) is 5.75 Å². The maximum atomic E-state index is 14.0. The first kappa shape index (κ1) is 20.3. The summed E-state index contributed by atoms with van der Waals surface area (Å²) < 4.78 is 19.9. The molecule has 2 atom stereocenters. The van der Waals surface area contributed by atoms with Gasteiger partial charge in [-0.2, -0.15) is 5.10 Å². The molecular weight excluding hydrogens is 383 g/mol. The first-order valence-corrected chi connectivity index (χ1v) is 10.3. The Morgan fingerprint density at radius 2 is 1.97 bits per heavy atom. The number of carbonyl (C=O) groups is 1. The number of ether oxygens (including phenoxy) is 1. The molecule has 158 valence electrons. The molecule has 0 aromatic heterocycles. The number of fused-ring (bicyclic) bond motifs is 3. The van der Waals surface area contributed by atoms with Gasteiger partial charge in [-0.1, -0.05) is 30.3 Å². The van der Waals surface area contributed by atoms with Crippen LogP contribution in [-0.2, 0) is 0 Å². The molecule has 0 N–H and O–H groups in total. The van der Waals surface area contributed by atoms with Gasteiger partial charge in [0.2, 0.25) is 0 Å². The topological polar surface area (TPSA) is 48.4 Å². The van der Waals surface area contributed by atoms with Crippen LogP contribution in [0.1, 0.15) is 24.1 Å². The van der Waals surface area contributed by atoms with Crippen molar-refractivity contribution < 1.29 is 13.9 Å². The highest BCUT2D eigenvalue weighted by Crippen LogP contribution is 2.43. The normalized spacial score (nSPS) is 19.8. The maximum Gasteiger partial charge on any atom is 0.341 e. The van der Waals surface area contributed by atoms with E-state index in [1.54, 1.807) is 16.0 Å². The predicted octanol–water partition coefficient (Wildman–Crippen LogP) is 3.60. The number of hydrazone groups is 1. The molecule has 0 unspecified atom stereocenters. The van der Waals surface area contributed by atoms with E-state index in [0.717, 1.165) is 12.1 Å². The maximum absolute atomic E-state index is 14.0. The fourth-order valence-corrected chi connectivity index (χ4v) is 4.04. The number of amides is 2. The van der Waals surface area contributed by atoms with Crippen molar-refractivity contribution in [2.24, 2.45) is 11.0 Å². The number of nitrogens with zero attached hydrogens (tertiary/aromatic N) is 4. The van der Waals surface area contributed by atoms with E-state index in [4.69, 9.17) is 9.84 Å². The summed E-state index contributed by atoms with van der Waals surface area (Å²) in [5.41, 5.74) is 2.32. The van der Waals surface area contributed by atoms with Crippen LogP contribution in [0.25, 0.3) is 0 Å². The quantitative estimate of drug-likeness (QED) is 0.757. The van der Waals surface area contributed by atoms with Crippen molar-refractivity contribution in [3.05, 3.63) is 65.5 Å². The van der Waals surface area contributed by atoms with E-state index in [-0.39, 0.29) is 23.8 Å².